The number of nitrogens with two attached hydrogens (primary N) is 1. The molecule has 1 aromatic heterocycles. The number of rotatable bonds is 3. The molecule has 1 saturated carbocycles. The molecule has 4 nitrogen and oxygen atoms in total. The number of hydrogen-bond donors (Lipinski definition) is 1. The van der Waals surface area contributed by atoms with Gasteiger partial charge >= 0.3 is 0 Å². The smallest absolute Gasteiger partial charge is 0.225 e. The van der Waals surface area contributed by atoms with Crippen molar-refractivity contribution in [3.05, 3.63) is 18.0 Å². The monoisotopic (exact) mass is 274 g/mol. The van der Waals surface area contributed by atoms with Gasteiger partial charge in [0.25, 0.3) is 0 Å². The van der Waals surface area contributed by atoms with Gasteiger partial charge in [-0.2, -0.15) is 0 Å². The second kappa shape index (κ2) is 6.53. The van der Waals surface area contributed by atoms with E-state index in [0.717, 1.165) is 12.5 Å². The molecule has 110 valence electrons. The molecule has 0 aromatic carbocycles. The van der Waals surface area contributed by atoms with Gasteiger partial charge in [0.2, 0.25) is 5.95 Å². The van der Waals surface area contributed by atoms with Crippen LogP contribution < -0.4 is 10.6 Å². The summed E-state index contributed by atoms with van der Waals surface area (Å²) in [6, 6.07) is 2.53. The summed E-state index contributed by atoms with van der Waals surface area (Å²) in [5.41, 5.74) is 7.16. The second-order valence-electron chi connectivity index (χ2n) is 6.20. The third kappa shape index (κ3) is 2.95. The van der Waals surface area contributed by atoms with E-state index in [9.17, 15) is 0 Å². The van der Waals surface area contributed by atoms with Gasteiger partial charge in [0.05, 0.1) is 0 Å². The molecule has 1 saturated heterocycles. The Bertz CT molecular complexity index is 428. The molecule has 0 spiro atoms. The van der Waals surface area contributed by atoms with Gasteiger partial charge in [0.1, 0.15) is 0 Å². The van der Waals surface area contributed by atoms with Crippen molar-refractivity contribution < 1.29 is 0 Å². The predicted molar refractivity (Wildman–Crippen MR) is 81.9 cm³/mol. The molecule has 4 heteroatoms. The number of hydrogen-bond acceptors (Lipinski definition) is 4. The molecular weight excluding hydrogens is 248 g/mol. The first-order chi connectivity index (χ1) is 9.88. The minimum Gasteiger partial charge on any atom is -0.337 e. The minimum atomic E-state index is 0.422. The number of piperidine rings is 1. The van der Waals surface area contributed by atoms with Crippen LogP contribution in [0.3, 0.4) is 0 Å². The Kier molecular flexibility index (Phi) is 4.51. The molecule has 1 atom stereocenters. The average molecular weight is 274 g/mol. The van der Waals surface area contributed by atoms with Crippen LogP contribution >= 0.6 is 0 Å². The van der Waals surface area contributed by atoms with Crippen molar-refractivity contribution in [1.82, 2.24) is 9.97 Å². The summed E-state index contributed by atoms with van der Waals surface area (Å²) in [4.78, 5) is 11.7. The van der Waals surface area contributed by atoms with E-state index in [1.807, 2.05) is 6.20 Å². The van der Waals surface area contributed by atoms with Crippen LogP contribution in [0.25, 0.3) is 0 Å². The summed E-state index contributed by atoms with van der Waals surface area (Å²) in [6.07, 6.45) is 12.3. The van der Waals surface area contributed by atoms with Crippen molar-refractivity contribution >= 4 is 5.95 Å². The Morgan fingerprint density at radius 2 is 1.90 bits per heavy atom. The molecule has 3 rings (SSSR count). The summed E-state index contributed by atoms with van der Waals surface area (Å²) in [5.74, 6) is 1.55. The molecule has 1 aliphatic carbocycles. The van der Waals surface area contributed by atoms with Crippen molar-refractivity contribution in [2.75, 3.05) is 18.0 Å². The predicted octanol–water partition coefficient (Wildman–Crippen LogP) is 2.84. The third-order valence-corrected chi connectivity index (χ3v) is 4.84. The van der Waals surface area contributed by atoms with Crippen LogP contribution in [-0.2, 0) is 0 Å². The zero-order valence-corrected chi connectivity index (χ0v) is 12.3. The van der Waals surface area contributed by atoms with Crippen LogP contribution in [0, 0.1) is 0 Å². The van der Waals surface area contributed by atoms with Crippen LogP contribution in [0.2, 0.25) is 0 Å². The highest BCUT2D eigenvalue weighted by molar-refractivity contribution is 5.34. The third-order valence-electron chi connectivity index (χ3n) is 4.84. The van der Waals surface area contributed by atoms with Crippen LogP contribution in [-0.4, -0.2) is 29.1 Å². The minimum absolute atomic E-state index is 0.422. The molecule has 0 radical (unpaired) electrons. The Morgan fingerprint density at radius 1 is 1.10 bits per heavy atom. The van der Waals surface area contributed by atoms with E-state index in [1.54, 1.807) is 0 Å². The molecular formula is C16H26N4. The van der Waals surface area contributed by atoms with Crippen molar-refractivity contribution in [3.8, 4) is 0 Å². The highest BCUT2D eigenvalue weighted by Gasteiger charge is 2.24. The van der Waals surface area contributed by atoms with E-state index in [0.29, 0.717) is 18.5 Å². The van der Waals surface area contributed by atoms with Gasteiger partial charge in [-0.1, -0.05) is 19.3 Å². The van der Waals surface area contributed by atoms with Gasteiger partial charge in [0.15, 0.2) is 0 Å². The lowest BCUT2D eigenvalue weighted by Gasteiger charge is -2.35. The van der Waals surface area contributed by atoms with Crippen LogP contribution in [0.4, 0.5) is 5.95 Å². The molecule has 1 aliphatic heterocycles. The van der Waals surface area contributed by atoms with Gasteiger partial charge < -0.3 is 10.6 Å². The highest BCUT2D eigenvalue weighted by atomic mass is 15.3. The molecule has 2 aliphatic rings. The second-order valence-corrected chi connectivity index (χ2v) is 6.20. The number of aromatic nitrogens is 2. The lowest BCUT2D eigenvalue weighted by Crippen LogP contribution is -2.45. The zero-order valence-electron chi connectivity index (χ0n) is 12.3. The maximum absolute atomic E-state index is 5.91. The van der Waals surface area contributed by atoms with Gasteiger partial charge in [-0.05, 0) is 38.2 Å². The summed E-state index contributed by atoms with van der Waals surface area (Å²) in [7, 11) is 0. The summed E-state index contributed by atoms with van der Waals surface area (Å²) in [6.45, 7) is 1.76. The van der Waals surface area contributed by atoms with E-state index in [4.69, 9.17) is 10.7 Å². The highest BCUT2D eigenvalue weighted by Crippen LogP contribution is 2.32. The van der Waals surface area contributed by atoms with Gasteiger partial charge in [-0.3, -0.25) is 0 Å². The largest absolute Gasteiger partial charge is 0.337 e. The van der Waals surface area contributed by atoms with Crippen molar-refractivity contribution in [3.63, 3.8) is 0 Å². The fraction of sp³-hybridized carbons (Fsp3) is 0.750. The quantitative estimate of drug-likeness (QED) is 0.921. The molecule has 2 N–H and O–H groups in total. The molecule has 1 unspecified atom stereocenters. The standard InChI is InChI=1S/C16H26N4/c17-12-14-8-4-5-11-20(14)16-18-10-9-15(19-16)13-6-2-1-3-7-13/h9-10,13-14H,1-8,11-12,17H2. The van der Waals surface area contributed by atoms with Crippen LogP contribution in [0.5, 0.6) is 0 Å². The lowest BCUT2D eigenvalue weighted by atomic mass is 9.87. The maximum atomic E-state index is 5.91. The van der Waals surface area contributed by atoms with Crippen molar-refractivity contribution in [2.24, 2.45) is 5.73 Å². The van der Waals surface area contributed by atoms with Crippen molar-refractivity contribution in [1.29, 1.82) is 0 Å². The number of nitrogens with zero attached hydrogens (tertiary/aromatic N) is 3. The van der Waals surface area contributed by atoms with E-state index in [1.165, 1.54) is 57.1 Å². The first-order valence-corrected chi connectivity index (χ1v) is 8.18. The van der Waals surface area contributed by atoms with E-state index < -0.39 is 0 Å². The molecule has 20 heavy (non-hydrogen) atoms. The molecule has 2 fully saturated rings. The lowest BCUT2D eigenvalue weighted by molar-refractivity contribution is 0.432. The van der Waals surface area contributed by atoms with Gasteiger partial charge in [-0.15, -0.1) is 0 Å². The van der Waals surface area contributed by atoms with E-state index in [-0.39, 0.29) is 0 Å². The number of anilines is 1. The maximum Gasteiger partial charge on any atom is 0.225 e. The SMILES string of the molecule is NCC1CCCCN1c1nccc(C2CCCCC2)n1. The van der Waals surface area contributed by atoms with Crippen LogP contribution in [0.15, 0.2) is 12.3 Å². The summed E-state index contributed by atoms with van der Waals surface area (Å²) in [5, 5.41) is 0. The Balaban J connectivity index is 1.79. The fourth-order valence-electron chi connectivity index (χ4n) is 3.63. The first-order valence-electron chi connectivity index (χ1n) is 8.18. The normalized spacial score (nSPS) is 24.9. The van der Waals surface area contributed by atoms with Crippen LogP contribution in [0.1, 0.15) is 63.0 Å². The molecule has 0 amide bonds. The molecule has 1 aromatic rings. The first kappa shape index (κ1) is 13.8. The average Bonchev–Trinajstić information content (AvgIpc) is 2.56. The molecule has 2 heterocycles. The summed E-state index contributed by atoms with van der Waals surface area (Å²) < 4.78 is 0. The topological polar surface area (TPSA) is 55.0 Å². The van der Waals surface area contributed by atoms with Crippen molar-refractivity contribution in [2.45, 2.75) is 63.3 Å². The summed E-state index contributed by atoms with van der Waals surface area (Å²) >= 11 is 0. The fourth-order valence-corrected chi connectivity index (χ4v) is 3.63. The van der Waals surface area contributed by atoms with E-state index in [2.05, 4.69) is 16.0 Å². The Hall–Kier alpha value is -1.16. The van der Waals surface area contributed by atoms with E-state index >= 15 is 0 Å². The van der Waals surface area contributed by atoms with Gasteiger partial charge in [0, 0.05) is 36.9 Å². The zero-order chi connectivity index (χ0) is 13.8. The Morgan fingerprint density at radius 3 is 2.70 bits per heavy atom. The van der Waals surface area contributed by atoms with Gasteiger partial charge in [-0.25, -0.2) is 9.97 Å². The Labute approximate surface area is 121 Å². The molecule has 0 bridgehead atoms.